The van der Waals surface area contributed by atoms with Crippen molar-refractivity contribution in [2.45, 2.75) is 18.4 Å². The number of carboxylic acids is 3. The van der Waals surface area contributed by atoms with E-state index in [0.717, 1.165) is 0 Å². The summed E-state index contributed by atoms with van der Waals surface area (Å²) in [6.07, 6.45) is -2.72. The summed E-state index contributed by atoms with van der Waals surface area (Å²) in [7, 11) is 0. The van der Waals surface area contributed by atoms with E-state index in [-0.39, 0.29) is 148 Å². The molecule has 0 unspecified atom stereocenters. The Hall–Kier alpha value is 2.67. The van der Waals surface area contributed by atoms with Gasteiger partial charge in [-0.25, -0.2) is 0 Å². The van der Waals surface area contributed by atoms with Gasteiger partial charge < -0.3 is 70.6 Å². The molecule has 0 aromatic rings. The van der Waals surface area contributed by atoms with Crippen LogP contribution >= 0.6 is 0 Å². The molecule has 9 nitrogen and oxygen atoms in total. The number of hydrogen-bond donors (Lipinski definition) is 1. The Morgan fingerprint density at radius 3 is 1.10 bits per heavy atom. The van der Waals surface area contributed by atoms with Crippen LogP contribution in [0.5, 0.6) is 0 Å². The van der Waals surface area contributed by atoms with Gasteiger partial charge in [0.25, 0.3) is 0 Å². The van der Waals surface area contributed by atoms with Crippen LogP contribution in [0.1, 0.15) is 12.8 Å². The predicted molar refractivity (Wildman–Crippen MR) is 42.2 cm³/mol. The largest absolute Gasteiger partial charge is 2.00 e. The second-order valence-corrected chi connectivity index (χ2v) is 2.42. The van der Waals surface area contributed by atoms with Crippen LogP contribution in [0.4, 0.5) is 0 Å². The predicted octanol–water partition coefficient (Wildman–Crippen LogP) is -22.3. The minimum atomic E-state index is -2.97. The quantitative estimate of drug-likeness (QED) is 0.373. The molecular formula is C6H9Cl2Na3O9Sn. The molecule has 0 aliphatic carbocycles. The number of carbonyl (C=O) groups is 3. The van der Waals surface area contributed by atoms with Crippen LogP contribution < -0.4 is 129 Å². The van der Waals surface area contributed by atoms with E-state index >= 15 is 0 Å². The van der Waals surface area contributed by atoms with E-state index in [4.69, 9.17) is 5.11 Å². The molecule has 0 fully saturated rings. The van der Waals surface area contributed by atoms with Crippen LogP contribution in [0.2, 0.25) is 0 Å². The first-order chi connectivity index (χ1) is 5.78. The topological polar surface area (TPSA) is 204 Å². The minimum absolute atomic E-state index is 0. The molecule has 0 bridgehead atoms. The van der Waals surface area contributed by atoms with E-state index in [9.17, 15) is 29.7 Å². The average molecular weight is 484 g/mol. The van der Waals surface area contributed by atoms with Crippen molar-refractivity contribution in [1.82, 2.24) is 0 Å². The number of halogens is 2. The fourth-order valence-corrected chi connectivity index (χ4v) is 0.684. The van der Waals surface area contributed by atoms with Crippen LogP contribution in [-0.4, -0.2) is 63.5 Å². The molecule has 0 amide bonds. The third kappa shape index (κ3) is 27.8. The summed E-state index contributed by atoms with van der Waals surface area (Å²) >= 11 is 0. The van der Waals surface area contributed by atoms with E-state index in [2.05, 4.69) is 0 Å². The van der Waals surface area contributed by atoms with Gasteiger partial charge in [-0.1, -0.05) is 0 Å². The van der Waals surface area contributed by atoms with Crippen molar-refractivity contribution in [2.24, 2.45) is 0 Å². The fraction of sp³-hybridized carbons (Fsp3) is 0.500. The Bertz CT molecular complexity index is 256. The fourth-order valence-electron chi connectivity index (χ4n) is 0.684. The van der Waals surface area contributed by atoms with Gasteiger partial charge in [-0.05, 0) is 0 Å². The molecular weight excluding hydrogens is 475 g/mol. The second-order valence-electron chi connectivity index (χ2n) is 2.42. The van der Waals surface area contributed by atoms with Gasteiger partial charge in [0.1, 0.15) is 5.60 Å². The maximum Gasteiger partial charge on any atom is 2.00 e. The van der Waals surface area contributed by atoms with Gasteiger partial charge in [-0.3, -0.25) is 0 Å². The second kappa shape index (κ2) is 27.5. The van der Waals surface area contributed by atoms with Crippen molar-refractivity contribution < 1.29 is 159 Å². The van der Waals surface area contributed by atoms with Crippen molar-refractivity contribution >= 4 is 41.8 Å². The molecule has 0 atom stereocenters. The van der Waals surface area contributed by atoms with Gasteiger partial charge in [0.2, 0.25) is 0 Å². The van der Waals surface area contributed by atoms with Crippen molar-refractivity contribution in [3.8, 4) is 0 Å². The first-order valence-corrected chi connectivity index (χ1v) is 3.11. The Balaban J connectivity index is -0.0000000257. The summed E-state index contributed by atoms with van der Waals surface area (Å²) < 4.78 is 0. The molecule has 0 aromatic heterocycles. The summed E-state index contributed by atoms with van der Waals surface area (Å²) in [5.74, 6) is -5.98. The van der Waals surface area contributed by atoms with Gasteiger partial charge in [0.05, 0.1) is 5.97 Å². The Labute approximate surface area is 216 Å². The number of carboxylic acid groups (broad SMARTS) is 3. The van der Waals surface area contributed by atoms with Gasteiger partial charge in [-0.2, -0.15) is 0 Å². The summed E-state index contributed by atoms with van der Waals surface area (Å²) in [5.41, 5.74) is -2.97. The zero-order valence-corrected chi connectivity index (χ0v) is 21.9. The van der Waals surface area contributed by atoms with Gasteiger partial charge in [-0.15, -0.1) is 0 Å². The van der Waals surface area contributed by atoms with Gasteiger partial charge in [0.15, 0.2) is 0 Å². The van der Waals surface area contributed by atoms with Crippen LogP contribution in [0.25, 0.3) is 0 Å². The van der Waals surface area contributed by atoms with E-state index in [0.29, 0.717) is 0 Å². The van der Waals surface area contributed by atoms with Crippen molar-refractivity contribution in [3.63, 3.8) is 0 Å². The zero-order valence-electron chi connectivity index (χ0n) is 11.6. The molecule has 0 saturated heterocycles. The zero-order chi connectivity index (χ0) is 10.6. The van der Waals surface area contributed by atoms with Crippen LogP contribution in [0, 0.1) is 0 Å². The summed E-state index contributed by atoms with van der Waals surface area (Å²) in [4.78, 5) is 30.0. The molecule has 5 N–H and O–H groups in total. The molecule has 0 aliphatic heterocycles. The Morgan fingerprint density at radius 1 is 0.810 bits per heavy atom. The van der Waals surface area contributed by atoms with Crippen molar-refractivity contribution in [3.05, 3.63) is 0 Å². The van der Waals surface area contributed by atoms with Crippen molar-refractivity contribution in [1.29, 1.82) is 0 Å². The smallest absolute Gasteiger partial charge is 1.00 e. The molecule has 0 rings (SSSR count). The van der Waals surface area contributed by atoms with Crippen LogP contribution in [0.15, 0.2) is 0 Å². The number of aliphatic carboxylic acids is 3. The van der Waals surface area contributed by atoms with E-state index in [1.165, 1.54) is 0 Å². The Kier molecular flexibility index (Phi) is 74.1. The minimum Gasteiger partial charge on any atom is -1.00 e. The normalized spacial score (nSPS) is 6.71. The number of aliphatic hydroxyl groups is 1. The van der Waals surface area contributed by atoms with Crippen LogP contribution in [-0.2, 0) is 14.4 Å². The van der Waals surface area contributed by atoms with E-state index in [1.54, 1.807) is 0 Å². The van der Waals surface area contributed by atoms with Crippen LogP contribution in [0.3, 0.4) is 0 Å². The third-order valence-corrected chi connectivity index (χ3v) is 1.25. The molecule has 108 valence electrons. The van der Waals surface area contributed by atoms with Gasteiger partial charge >= 0.3 is 113 Å². The molecule has 0 spiro atoms. The van der Waals surface area contributed by atoms with Crippen molar-refractivity contribution in [2.75, 3.05) is 0 Å². The number of carbonyl (C=O) groups excluding carboxylic acids is 3. The standard InChI is InChI=1S/C6H8O7.2ClH.3Na.2H2O.Sn/c7-3(8)1-6(13,5(11)12)2-4(9)10;;;;;;;;/h13H,1-2H2,(H,7,8)(H,9,10)(H,11,12);2*1H;;;;2*1H2;/q;;;3*+1;;;+2/p-5. The summed E-state index contributed by atoms with van der Waals surface area (Å²) in [6.45, 7) is 0. The first kappa shape index (κ1) is 56.5. The SMILES string of the molecule is O.O.O=C([O-])CC(O)(CC(=O)[O-])C(=O)[O-].[Cl-].[Cl-].[Na+].[Na+].[Na+].[Sn+2]. The van der Waals surface area contributed by atoms with E-state index in [1.807, 2.05) is 0 Å². The first-order valence-electron chi connectivity index (χ1n) is 3.11. The monoisotopic (exact) mass is 484 g/mol. The molecule has 0 heterocycles. The average Bonchev–Trinajstić information content (AvgIpc) is 1.82. The molecule has 15 heteroatoms. The summed E-state index contributed by atoms with van der Waals surface area (Å²) in [6, 6.07) is 0. The Morgan fingerprint density at radius 2 is 1.00 bits per heavy atom. The number of rotatable bonds is 5. The molecule has 0 aromatic carbocycles. The molecule has 0 aliphatic rings. The van der Waals surface area contributed by atoms with Gasteiger partial charge in [0, 0.05) is 24.8 Å². The molecule has 21 heavy (non-hydrogen) atoms. The summed E-state index contributed by atoms with van der Waals surface area (Å²) in [5, 5.41) is 38.9. The molecule has 0 saturated carbocycles. The number of hydrogen-bond acceptors (Lipinski definition) is 7. The van der Waals surface area contributed by atoms with E-state index < -0.39 is 36.4 Å². The third-order valence-electron chi connectivity index (χ3n) is 1.25. The molecule has 2 radical (unpaired) electrons. The maximum atomic E-state index is 10.1. The maximum absolute atomic E-state index is 10.1.